The Morgan fingerprint density at radius 1 is 1.25 bits per heavy atom. The van der Waals surface area contributed by atoms with Gasteiger partial charge in [0, 0.05) is 4.47 Å². The van der Waals surface area contributed by atoms with Gasteiger partial charge in [0.2, 0.25) is 5.91 Å². The maximum atomic E-state index is 13.4. The highest BCUT2D eigenvalue weighted by Crippen LogP contribution is 2.18. The van der Waals surface area contributed by atoms with Crippen molar-refractivity contribution in [2.24, 2.45) is 0 Å². The van der Waals surface area contributed by atoms with E-state index in [2.05, 4.69) is 21.2 Å². The molecule has 0 spiro atoms. The molecule has 0 aliphatic heterocycles. The molecule has 2 aromatic rings. The lowest BCUT2D eigenvalue weighted by molar-refractivity contribution is -0.115. The first kappa shape index (κ1) is 14.2. The largest absolute Gasteiger partial charge is 0.325 e. The summed E-state index contributed by atoms with van der Waals surface area (Å²) in [5.74, 6) is -0.941. The van der Waals surface area contributed by atoms with Crippen LogP contribution < -0.4 is 5.32 Å². The summed E-state index contributed by atoms with van der Waals surface area (Å²) < 4.78 is 14.3. The van der Waals surface area contributed by atoms with E-state index in [1.165, 1.54) is 18.2 Å². The molecule has 0 fully saturated rings. The third kappa shape index (κ3) is 3.43. The molecule has 2 rings (SSSR count). The zero-order chi connectivity index (χ0) is 14.5. The van der Waals surface area contributed by atoms with Crippen molar-refractivity contribution in [3.8, 4) is 6.07 Å². The molecule has 0 atom stereocenters. The molecular formula is C15H10BrFN2O. The number of carbonyl (C=O) groups excluding carboxylic acids is 1. The van der Waals surface area contributed by atoms with Crippen LogP contribution in [0.5, 0.6) is 0 Å². The van der Waals surface area contributed by atoms with Gasteiger partial charge in [-0.05, 0) is 29.8 Å². The summed E-state index contributed by atoms with van der Waals surface area (Å²) in [7, 11) is 0. The van der Waals surface area contributed by atoms with Crippen molar-refractivity contribution in [1.82, 2.24) is 0 Å². The van der Waals surface area contributed by atoms with Gasteiger partial charge in [-0.15, -0.1) is 0 Å². The Hall–Kier alpha value is -2.19. The number of carbonyl (C=O) groups is 1. The molecule has 0 aliphatic carbocycles. The maximum absolute atomic E-state index is 13.4. The molecular weight excluding hydrogens is 323 g/mol. The molecule has 1 N–H and O–H groups in total. The predicted molar refractivity (Wildman–Crippen MR) is 77.6 cm³/mol. The van der Waals surface area contributed by atoms with Gasteiger partial charge in [0.1, 0.15) is 17.4 Å². The Morgan fingerprint density at radius 3 is 2.60 bits per heavy atom. The number of benzene rings is 2. The number of rotatable bonds is 3. The fourth-order valence-electron chi connectivity index (χ4n) is 1.72. The molecule has 0 saturated heterocycles. The second-order valence-corrected chi connectivity index (χ2v) is 5.04. The van der Waals surface area contributed by atoms with Crippen molar-refractivity contribution in [3.63, 3.8) is 0 Å². The van der Waals surface area contributed by atoms with E-state index in [1.54, 1.807) is 6.07 Å². The van der Waals surface area contributed by atoms with E-state index in [-0.39, 0.29) is 23.6 Å². The summed E-state index contributed by atoms with van der Waals surface area (Å²) >= 11 is 3.31. The molecule has 100 valence electrons. The lowest BCUT2D eigenvalue weighted by Crippen LogP contribution is -2.15. The standard InChI is InChI=1S/C15H10BrFN2O/c16-11-6-4-10(5-7-11)8-15(20)19-14-3-1-2-13(17)12(14)9-18/h1-7H,8H2,(H,19,20). The minimum absolute atomic E-state index is 0.156. The summed E-state index contributed by atoms with van der Waals surface area (Å²) in [5, 5.41) is 11.4. The van der Waals surface area contributed by atoms with Crippen LogP contribution in [0.15, 0.2) is 46.9 Å². The van der Waals surface area contributed by atoms with Crippen LogP contribution in [0.3, 0.4) is 0 Å². The SMILES string of the molecule is N#Cc1c(F)cccc1NC(=O)Cc1ccc(Br)cc1. The Bertz CT molecular complexity index is 677. The molecule has 0 heterocycles. The van der Waals surface area contributed by atoms with Gasteiger partial charge in [0.15, 0.2) is 0 Å². The van der Waals surface area contributed by atoms with Gasteiger partial charge >= 0.3 is 0 Å². The number of anilines is 1. The van der Waals surface area contributed by atoms with Crippen LogP contribution in [0.2, 0.25) is 0 Å². The Morgan fingerprint density at radius 2 is 1.95 bits per heavy atom. The van der Waals surface area contributed by atoms with E-state index in [9.17, 15) is 9.18 Å². The average Bonchev–Trinajstić information content (AvgIpc) is 2.42. The van der Waals surface area contributed by atoms with E-state index >= 15 is 0 Å². The summed E-state index contributed by atoms with van der Waals surface area (Å²) in [5.41, 5.74) is 0.867. The van der Waals surface area contributed by atoms with Gasteiger partial charge < -0.3 is 5.32 Å². The van der Waals surface area contributed by atoms with Crippen LogP contribution in [-0.2, 0) is 11.2 Å². The highest BCUT2D eigenvalue weighted by Gasteiger charge is 2.11. The maximum Gasteiger partial charge on any atom is 0.228 e. The molecule has 3 nitrogen and oxygen atoms in total. The van der Waals surface area contributed by atoms with Crippen molar-refractivity contribution in [2.45, 2.75) is 6.42 Å². The van der Waals surface area contributed by atoms with Crippen molar-refractivity contribution >= 4 is 27.5 Å². The molecule has 5 heteroatoms. The number of amides is 1. The quantitative estimate of drug-likeness (QED) is 0.932. The average molecular weight is 333 g/mol. The molecule has 0 bridgehead atoms. The summed E-state index contributed by atoms with van der Waals surface area (Å²) in [6.45, 7) is 0. The highest BCUT2D eigenvalue weighted by atomic mass is 79.9. The number of nitriles is 1. The summed E-state index contributed by atoms with van der Waals surface area (Å²) in [6.07, 6.45) is 0.161. The van der Waals surface area contributed by atoms with Crippen molar-refractivity contribution < 1.29 is 9.18 Å². The summed E-state index contributed by atoms with van der Waals surface area (Å²) in [6, 6.07) is 13.2. The Kier molecular flexibility index (Phi) is 4.49. The van der Waals surface area contributed by atoms with E-state index in [0.717, 1.165) is 10.0 Å². The second kappa shape index (κ2) is 6.31. The highest BCUT2D eigenvalue weighted by molar-refractivity contribution is 9.10. The number of halogens is 2. The minimum Gasteiger partial charge on any atom is -0.325 e. The first-order valence-corrected chi connectivity index (χ1v) is 6.62. The van der Waals surface area contributed by atoms with Crippen molar-refractivity contribution in [3.05, 3.63) is 63.9 Å². The van der Waals surface area contributed by atoms with Crippen LogP contribution in [0.1, 0.15) is 11.1 Å². The van der Waals surface area contributed by atoms with E-state index in [1.807, 2.05) is 24.3 Å². The van der Waals surface area contributed by atoms with Gasteiger partial charge in [0.05, 0.1) is 12.1 Å². The molecule has 1 amide bonds. The molecule has 0 aliphatic rings. The van der Waals surface area contributed by atoms with E-state index in [4.69, 9.17) is 5.26 Å². The molecule has 20 heavy (non-hydrogen) atoms. The number of nitrogens with one attached hydrogen (secondary N) is 1. The third-order valence-corrected chi connectivity index (χ3v) is 3.21. The third-order valence-electron chi connectivity index (χ3n) is 2.68. The fraction of sp³-hybridized carbons (Fsp3) is 0.0667. The zero-order valence-electron chi connectivity index (χ0n) is 10.4. The Labute approximate surface area is 124 Å². The van der Waals surface area contributed by atoms with Gasteiger partial charge in [-0.2, -0.15) is 5.26 Å². The van der Waals surface area contributed by atoms with Gasteiger partial charge in [-0.1, -0.05) is 34.1 Å². The second-order valence-electron chi connectivity index (χ2n) is 4.13. The number of hydrogen-bond acceptors (Lipinski definition) is 2. The molecule has 0 unspecified atom stereocenters. The fourth-order valence-corrected chi connectivity index (χ4v) is 1.99. The van der Waals surface area contributed by atoms with Gasteiger partial charge in [0.25, 0.3) is 0 Å². The Balaban J connectivity index is 2.11. The van der Waals surface area contributed by atoms with Crippen LogP contribution >= 0.6 is 15.9 Å². The lowest BCUT2D eigenvalue weighted by Gasteiger charge is -2.07. The molecule has 0 aromatic heterocycles. The van der Waals surface area contributed by atoms with Gasteiger partial charge in [-0.3, -0.25) is 4.79 Å². The van der Waals surface area contributed by atoms with Crippen LogP contribution in [0.25, 0.3) is 0 Å². The molecule has 0 radical (unpaired) electrons. The molecule has 2 aromatic carbocycles. The van der Waals surface area contributed by atoms with Crippen molar-refractivity contribution in [2.75, 3.05) is 5.32 Å². The first-order chi connectivity index (χ1) is 9.60. The van der Waals surface area contributed by atoms with Crippen LogP contribution in [0.4, 0.5) is 10.1 Å². The van der Waals surface area contributed by atoms with Crippen LogP contribution in [-0.4, -0.2) is 5.91 Å². The summed E-state index contributed by atoms with van der Waals surface area (Å²) in [4.78, 5) is 11.9. The zero-order valence-corrected chi connectivity index (χ0v) is 11.9. The van der Waals surface area contributed by atoms with E-state index < -0.39 is 5.82 Å². The predicted octanol–water partition coefficient (Wildman–Crippen LogP) is 3.64. The van der Waals surface area contributed by atoms with Gasteiger partial charge in [-0.25, -0.2) is 4.39 Å². The number of nitrogens with zero attached hydrogens (tertiary/aromatic N) is 1. The topological polar surface area (TPSA) is 52.9 Å². The minimum atomic E-state index is -0.644. The molecule has 0 saturated carbocycles. The first-order valence-electron chi connectivity index (χ1n) is 5.83. The number of hydrogen-bond donors (Lipinski definition) is 1. The van der Waals surface area contributed by atoms with Crippen LogP contribution in [0, 0.1) is 17.1 Å². The van der Waals surface area contributed by atoms with Crippen molar-refractivity contribution in [1.29, 1.82) is 5.26 Å². The normalized spacial score (nSPS) is 9.85. The monoisotopic (exact) mass is 332 g/mol. The lowest BCUT2D eigenvalue weighted by atomic mass is 10.1. The van der Waals surface area contributed by atoms with E-state index in [0.29, 0.717) is 0 Å². The smallest absolute Gasteiger partial charge is 0.228 e.